The van der Waals surface area contributed by atoms with Crippen molar-refractivity contribution < 1.29 is 18.0 Å². The van der Waals surface area contributed by atoms with Gasteiger partial charge in [-0.3, -0.25) is 4.79 Å². The van der Waals surface area contributed by atoms with Gasteiger partial charge in [0.05, 0.1) is 11.3 Å². The van der Waals surface area contributed by atoms with Gasteiger partial charge in [0.1, 0.15) is 17.5 Å². The average Bonchev–Trinajstić information content (AvgIpc) is 2.38. The van der Waals surface area contributed by atoms with Crippen LogP contribution in [0, 0.1) is 24.4 Å². The Morgan fingerprint density at radius 3 is 2.55 bits per heavy atom. The van der Waals surface area contributed by atoms with E-state index in [4.69, 9.17) is 5.73 Å². The van der Waals surface area contributed by atoms with Crippen LogP contribution in [0.15, 0.2) is 30.3 Å². The second-order valence-electron chi connectivity index (χ2n) is 4.28. The number of amides is 1. The zero-order valence-electron chi connectivity index (χ0n) is 10.5. The Morgan fingerprint density at radius 1 is 1.15 bits per heavy atom. The molecule has 2 aromatic carbocycles. The first-order valence-corrected chi connectivity index (χ1v) is 5.70. The molecule has 0 aliphatic carbocycles. The van der Waals surface area contributed by atoms with E-state index < -0.39 is 23.4 Å². The molecule has 0 heterocycles. The minimum absolute atomic E-state index is 0.190. The topological polar surface area (TPSA) is 55.1 Å². The molecule has 2 aromatic rings. The predicted molar refractivity (Wildman–Crippen MR) is 69.9 cm³/mol. The Balaban J connectivity index is 2.35. The van der Waals surface area contributed by atoms with Crippen LogP contribution in [-0.4, -0.2) is 5.91 Å². The third kappa shape index (κ3) is 2.74. The van der Waals surface area contributed by atoms with Crippen LogP contribution >= 0.6 is 0 Å². The van der Waals surface area contributed by atoms with Gasteiger partial charge in [0.25, 0.3) is 5.91 Å². The van der Waals surface area contributed by atoms with E-state index in [0.717, 1.165) is 24.3 Å². The zero-order chi connectivity index (χ0) is 14.9. The van der Waals surface area contributed by atoms with Crippen LogP contribution in [0.4, 0.5) is 24.5 Å². The molecule has 3 N–H and O–H groups in total. The van der Waals surface area contributed by atoms with E-state index in [9.17, 15) is 18.0 Å². The van der Waals surface area contributed by atoms with Crippen molar-refractivity contribution in [2.45, 2.75) is 6.92 Å². The maximum atomic E-state index is 13.8. The number of nitrogens with one attached hydrogen (secondary N) is 1. The van der Waals surface area contributed by atoms with Gasteiger partial charge in [0.2, 0.25) is 0 Å². The van der Waals surface area contributed by atoms with E-state index in [2.05, 4.69) is 5.32 Å². The van der Waals surface area contributed by atoms with E-state index in [1.165, 1.54) is 13.0 Å². The molecule has 0 aliphatic rings. The molecule has 1 amide bonds. The lowest BCUT2D eigenvalue weighted by Gasteiger charge is -2.09. The lowest BCUT2D eigenvalue weighted by Crippen LogP contribution is -2.16. The fourth-order valence-electron chi connectivity index (χ4n) is 1.75. The Kier molecular flexibility index (Phi) is 3.65. The van der Waals surface area contributed by atoms with E-state index in [0.29, 0.717) is 0 Å². The normalized spacial score (nSPS) is 10.4. The highest BCUT2D eigenvalue weighted by molar-refractivity contribution is 6.05. The highest BCUT2D eigenvalue weighted by Gasteiger charge is 2.16. The van der Waals surface area contributed by atoms with Crippen molar-refractivity contribution in [1.29, 1.82) is 0 Å². The summed E-state index contributed by atoms with van der Waals surface area (Å²) in [6, 6.07) is 5.09. The van der Waals surface area contributed by atoms with Crippen LogP contribution in [0.2, 0.25) is 0 Å². The lowest BCUT2D eigenvalue weighted by molar-refractivity contribution is 0.102. The van der Waals surface area contributed by atoms with Gasteiger partial charge in [-0.05, 0) is 36.8 Å². The molecule has 0 radical (unpaired) electrons. The van der Waals surface area contributed by atoms with Crippen molar-refractivity contribution >= 4 is 17.3 Å². The van der Waals surface area contributed by atoms with Crippen molar-refractivity contribution in [2.24, 2.45) is 0 Å². The average molecular weight is 280 g/mol. The molecule has 0 fully saturated rings. The van der Waals surface area contributed by atoms with Crippen LogP contribution in [0.25, 0.3) is 0 Å². The van der Waals surface area contributed by atoms with Gasteiger partial charge < -0.3 is 11.1 Å². The molecule has 0 bridgehead atoms. The first-order chi connectivity index (χ1) is 9.38. The number of benzene rings is 2. The fraction of sp³-hybridized carbons (Fsp3) is 0.0714. The zero-order valence-corrected chi connectivity index (χ0v) is 10.5. The maximum Gasteiger partial charge on any atom is 0.258 e. The van der Waals surface area contributed by atoms with Gasteiger partial charge in [-0.15, -0.1) is 0 Å². The number of halogens is 3. The summed E-state index contributed by atoms with van der Waals surface area (Å²) in [6.45, 7) is 1.45. The monoisotopic (exact) mass is 280 g/mol. The molecule has 0 saturated heterocycles. The Hall–Kier alpha value is -2.50. The number of hydrogen-bond donors (Lipinski definition) is 2. The van der Waals surface area contributed by atoms with Gasteiger partial charge in [-0.2, -0.15) is 0 Å². The van der Waals surface area contributed by atoms with E-state index in [1.54, 1.807) is 0 Å². The van der Waals surface area contributed by atoms with E-state index >= 15 is 0 Å². The second kappa shape index (κ2) is 5.24. The number of nitrogens with two attached hydrogens (primary N) is 1. The third-order valence-electron chi connectivity index (χ3n) is 2.70. The van der Waals surface area contributed by atoms with Crippen molar-refractivity contribution in [3.63, 3.8) is 0 Å². The largest absolute Gasteiger partial charge is 0.399 e. The van der Waals surface area contributed by atoms with Crippen LogP contribution in [0.5, 0.6) is 0 Å². The molecule has 3 nitrogen and oxygen atoms in total. The molecule has 0 aliphatic heterocycles. The minimum Gasteiger partial charge on any atom is -0.399 e. The third-order valence-corrected chi connectivity index (χ3v) is 2.70. The number of aryl methyl sites for hydroxylation is 1. The summed E-state index contributed by atoms with van der Waals surface area (Å²) in [5.41, 5.74) is 5.23. The Morgan fingerprint density at radius 2 is 1.85 bits per heavy atom. The summed E-state index contributed by atoms with van der Waals surface area (Å²) in [5.74, 6) is -3.19. The summed E-state index contributed by atoms with van der Waals surface area (Å²) in [5, 5.41) is 2.11. The molecule has 2 rings (SSSR count). The smallest absolute Gasteiger partial charge is 0.258 e. The highest BCUT2D eigenvalue weighted by Crippen LogP contribution is 2.20. The summed E-state index contributed by atoms with van der Waals surface area (Å²) < 4.78 is 40.2. The highest BCUT2D eigenvalue weighted by atomic mass is 19.1. The first kappa shape index (κ1) is 13.9. The van der Waals surface area contributed by atoms with Crippen LogP contribution < -0.4 is 11.1 Å². The minimum atomic E-state index is -0.901. The molecule has 0 atom stereocenters. The molecule has 0 unspecified atom stereocenters. The number of carbonyl (C=O) groups is 1. The van der Waals surface area contributed by atoms with Gasteiger partial charge >= 0.3 is 0 Å². The standard InChI is InChI=1S/C14H11F3N2O/c1-7-4-9(18)6-10(13(7)17)14(20)19-12-5-8(15)2-3-11(12)16/h2-6H,18H2,1H3,(H,19,20). The molecule has 20 heavy (non-hydrogen) atoms. The summed E-state index contributed by atoms with van der Waals surface area (Å²) in [7, 11) is 0. The second-order valence-corrected chi connectivity index (χ2v) is 4.28. The molecular weight excluding hydrogens is 269 g/mol. The van der Waals surface area contributed by atoms with Gasteiger partial charge in [0.15, 0.2) is 0 Å². The number of carbonyl (C=O) groups excluding carboxylic acids is 1. The van der Waals surface area contributed by atoms with Gasteiger partial charge in [0, 0.05) is 11.8 Å². The molecular formula is C14H11F3N2O. The fourth-order valence-corrected chi connectivity index (χ4v) is 1.75. The molecule has 0 spiro atoms. The van der Waals surface area contributed by atoms with Crippen LogP contribution in [0.1, 0.15) is 15.9 Å². The quantitative estimate of drug-likeness (QED) is 0.830. The number of anilines is 2. The van der Waals surface area contributed by atoms with Crippen molar-refractivity contribution in [1.82, 2.24) is 0 Å². The van der Waals surface area contributed by atoms with E-state index in [-0.39, 0.29) is 22.5 Å². The summed E-state index contributed by atoms with van der Waals surface area (Å²) in [4.78, 5) is 11.9. The van der Waals surface area contributed by atoms with Crippen molar-refractivity contribution in [3.8, 4) is 0 Å². The molecule has 0 saturated carbocycles. The first-order valence-electron chi connectivity index (χ1n) is 5.70. The lowest BCUT2D eigenvalue weighted by atomic mass is 10.1. The number of rotatable bonds is 2. The van der Waals surface area contributed by atoms with Crippen molar-refractivity contribution in [3.05, 3.63) is 58.9 Å². The van der Waals surface area contributed by atoms with Gasteiger partial charge in [-0.25, -0.2) is 13.2 Å². The molecule has 6 heteroatoms. The molecule has 0 aromatic heterocycles. The van der Waals surface area contributed by atoms with Crippen LogP contribution in [0.3, 0.4) is 0 Å². The van der Waals surface area contributed by atoms with Crippen LogP contribution in [-0.2, 0) is 0 Å². The molecule has 104 valence electrons. The number of hydrogen-bond acceptors (Lipinski definition) is 2. The maximum absolute atomic E-state index is 13.8. The number of nitrogen functional groups attached to an aromatic ring is 1. The SMILES string of the molecule is Cc1cc(N)cc(C(=O)Nc2cc(F)ccc2F)c1F. The van der Waals surface area contributed by atoms with E-state index in [1.807, 2.05) is 0 Å². The Bertz CT molecular complexity index is 686. The Labute approximate surface area is 113 Å². The predicted octanol–water partition coefficient (Wildman–Crippen LogP) is 3.25. The summed E-state index contributed by atoms with van der Waals surface area (Å²) >= 11 is 0. The van der Waals surface area contributed by atoms with Gasteiger partial charge in [-0.1, -0.05) is 0 Å². The summed E-state index contributed by atoms with van der Waals surface area (Å²) in [6.07, 6.45) is 0. The van der Waals surface area contributed by atoms with Crippen molar-refractivity contribution in [2.75, 3.05) is 11.1 Å².